The molecule has 0 aliphatic carbocycles. The van der Waals surface area contributed by atoms with Crippen LogP contribution in [0.1, 0.15) is 21.7 Å². The lowest BCUT2D eigenvalue weighted by Crippen LogP contribution is -2.21. The van der Waals surface area contributed by atoms with Crippen LogP contribution in [0.15, 0.2) is 71.1 Å². The zero-order chi connectivity index (χ0) is 19.9. The minimum Gasteiger partial charge on any atom is -0.450 e. The molecule has 3 aromatic rings. The van der Waals surface area contributed by atoms with Gasteiger partial charge in [0.15, 0.2) is 6.61 Å². The first-order valence-electron chi connectivity index (χ1n) is 8.36. The molecule has 0 saturated heterocycles. The Hall–Kier alpha value is -3.94. The summed E-state index contributed by atoms with van der Waals surface area (Å²) in [7, 11) is 0. The fourth-order valence-electron chi connectivity index (χ4n) is 2.54. The van der Waals surface area contributed by atoms with Crippen molar-refractivity contribution in [3.63, 3.8) is 0 Å². The van der Waals surface area contributed by atoms with Gasteiger partial charge in [-0.3, -0.25) is 14.9 Å². The Balaban J connectivity index is 1.59. The molecular formula is C20H16N2O6. The topological polar surface area (TPSA) is 112 Å². The van der Waals surface area contributed by atoms with E-state index < -0.39 is 29.3 Å². The van der Waals surface area contributed by atoms with Gasteiger partial charge in [0.2, 0.25) is 5.76 Å². The molecule has 1 heterocycles. The highest BCUT2D eigenvalue weighted by Crippen LogP contribution is 2.19. The predicted molar refractivity (Wildman–Crippen MR) is 100.0 cm³/mol. The Morgan fingerprint density at radius 2 is 1.71 bits per heavy atom. The molecule has 1 amide bonds. The molecule has 3 rings (SSSR count). The first-order chi connectivity index (χ1) is 13.5. The fraction of sp³-hybridized carbons (Fsp3) is 0.100. The van der Waals surface area contributed by atoms with Crippen LogP contribution in [0.5, 0.6) is 0 Å². The van der Waals surface area contributed by atoms with E-state index in [1.165, 1.54) is 0 Å². The zero-order valence-corrected chi connectivity index (χ0v) is 14.7. The molecule has 0 aliphatic heterocycles. The maximum absolute atomic E-state index is 12.1. The first kappa shape index (κ1) is 18.8. The van der Waals surface area contributed by atoms with Gasteiger partial charge >= 0.3 is 11.9 Å². The van der Waals surface area contributed by atoms with Crippen LogP contribution in [0.2, 0.25) is 0 Å². The van der Waals surface area contributed by atoms with Crippen LogP contribution < -0.4 is 5.32 Å². The second-order valence-corrected chi connectivity index (χ2v) is 5.84. The van der Waals surface area contributed by atoms with Crippen LogP contribution in [0.4, 0.5) is 11.6 Å². The second-order valence-electron chi connectivity index (χ2n) is 5.84. The molecule has 0 spiro atoms. The van der Waals surface area contributed by atoms with Crippen molar-refractivity contribution in [2.75, 3.05) is 11.9 Å². The molecule has 1 aromatic heterocycles. The Kier molecular flexibility index (Phi) is 5.81. The summed E-state index contributed by atoms with van der Waals surface area (Å²) >= 11 is 0. The lowest BCUT2D eigenvalue weighted by Gasteiger charge is -2.11. The van der Waals surface area contributed by atoms with Crippen LogP contribution in [0, 0.1) is 10.1 Å². The maximum atomic E-state index is 12.1. The number of nitrogens with one attached hydrogen (secondary N) is 1. The fourth-order valence-corrected chi connectivity index (χ4v) is 2.54. The van der Waals surface area contributed by atoms with Crippen LogP contribution >= 0.6 is 0 Å². The second kappa shape index (κ2) is 8.63. The van der Waals surface area contributed by atoms with Gasteiger partial charge in [0.25, 0.3) is 5.91 Å². The number of ether oxygens (including phenoxy) is 1. The normalized spacial score (nSPS) is 10.3. The third-order valence-electron chi connectivity index (χ3n) is 3.84. The number of anilines is 1. The number of hydrogen-bond acceptors (Lipinski definition) is 6. The minimum atomic E-state index is -0.958. The summed E-state index contributed by atoms with van der Waals surface area (Å²) in [5.74, 6) is -2.41. The highest BCUT2D eigenvalue weighted by atomic mass is 16.7. The van der Waals surface area contributed by atoms with Crippen molar-refractivity contribution in [3.05, 3.63) is 93.7 Å². The molecular weight excluding hydrogens is 364 g/mol. The van der Waals surface area contributed by atoms with Gasteiger partial charge in [0.1, 0.15) is 4.92 Å². The standard InChI is InChI=1S/C20H16N2O6/c23-18(13-27-20(24)17-10-11-19(28-17)22(25)26)21-16-9-5-4-8-15(16)12-14-6-2-1-3-7-14/h1-11H,12-13H2,(H,21,23). The van der Waals surface area contributed by atoms with Crippen molar-refractivity contribution in [1.29, 1.82) is 0 Å². The first-order valence-corrected chi connectivity index (χ1v) is 8.36. The number of esters is 1. The van der Waals surface area contributed by atoms with Gasteiger partial charge < -0.3 is 14.5 Å². The van der Waals surface area contributed by atoms with Crippen molar-refractivity contribution < 1.29 is 23.7 Å². The minimum absolute atomic E-state index is 0.344. The van der Waals surface area contributed by atoms with E-state index in [0.717, 1.165) is 23.3 Å². The molecule has 0 atom stereocenters. The average molecular weight is 380 g/mol. The van der Waals surface area contributed by atoms with Gasteiger partial charge in [-0.15, -0.1) is 0 Å². The number of nitrogens with zero attached hydrogens (tertiary/aromatic N) is 1. The molecule has 8 nitrogen and oxygen atoms in total. The number of carbonyl (C=O) groups excluding carboxylic acids is 2. The average Bonchev–Trinajstić information content (AvgIpc) is 3.19. The van der Waals surface area contributed by atoms with Gasteiger partial charge in [-0.2, -0.15) is 0 Å². The number of rotatable bonds is 7. The molecule has 0 aliphatic rings. The van der Waals surface area contributed by atoms with E-state index in [-0.39, 0.29) is 5.76 Å². The van der Waals surface area contributed by atoms with Crippen molar-refractivity contribution in [2.24, 2.45) is 0 Å². The largest absolute Gasteiger partial charge is 0.450 e. The van der Waals surface area contributed by atoms with E-state index in [1.54, 1.807) is 12.1 Å². The van der Waals surface area contributed by atoms with Gasteiger partial charge in [0.05, 0.1) is 6.07 Å². The number of para-hydroxylation sites is 1. The Labute approximate surface area is 159 Å². The van der Waals surface area contributed by atoms with E-state index in [9.17, 15) is 19.7 Å². The molecule has 0 unspecified atom stereocenters. The highest BCUT2D eigenvalue weighted by molar-refractivity contribution is 5.95. The number of amides is 1. The Bertz CT molecular complexity index is 997. The van der Waals surface area contributed by atoms with E-state index in [4.69, 9.17) is 9.15 Å². The SMILES string of the molecule is O=C(COC(=O)c1ccc([N+](=O)[O-])o1)Nc1ccccc1Cc1ccccc1. The smallest absolute Gasteiger partial charge is 0.433 e. The zero-order valence-electron chi connectivity index (χ0n) is 14.7. The number of hydrogen-bond donors (Lipinski definition) is 1. The lowest BCUT2D eigenvalue weighted by molar-refractivity contribution is -0.402. The highest BCUT2D eigenvalue weighted by Gasteiger charge is 2.19. The van der Waals surface area contributed by atoms with E-state index in [2.05, 4.69) is 5.32 Å². The molecule has 142 valence electrons. The molecule has 0 bridgehead atoms. The number of benzene rings is 2. The summed E-state index contributed by atoms with van der Waals surface area (Å²) in [4.78, 5) is 33.8. The number of furan rings is 1. The van der Waals surface area contributed by atoms with Crippen molar-refractivity contribution >= 4 is 23.4 Å². The van der Waals surface area contributed by atoms with Crippen molar-refractivity contribution in [1.82, 2.24) is 0 Å². The van der Waals surface area contributed by atoms with Gasteiger partial charge in [-0.05, 0) is 29.7 Å². The number of carbonyl (C=O) groups is 2. The monoisotopic (exact) mass is 380 g/mol. The summed E-state index contributed by atoms with van der Waals surface area (Å²) < 4.78 is 9.58. The quantitative estimate of drug-likeness (QED) is 0.381. The summed E-state index contributed by atoms with van der Waals surface area (Å²) in [6, 6.07) is 19.3. The molecule has 0 fully saturated rings. The van der Waals surface area contributed by atoms with Crippen LogP contribution in [0.25, 0.3) is 0 Å². The lowest BCUT2D eigenvalue weighted by atomic mass is 10.0. The van der Waals surface area contributed by atoms with Gasteiger partial charge in [-0.25, -0.2) is 4.79 Å². The summed E-state index contributed by atoms with van der Waals surface area (Å²) in [5, 5.41) is 13.3. The third-order valence-corrected chi connectivity index (χ3v) is 3.84. The van der Waals surface area contributed by atoms with Crippen LogP contribution in [0.3, 0.4) is 0 Å². The van der Waals surface area contributed by atoms with E-state index in [0.29, 0.717) is 12.1 Å². The maximum Gasteiger partial charge on any atom is 0.433 e. The van der Waals surface area contributed by atoms with Crippen LogP contribution in [-0.2, 0) is 16.0 Å². The molecule has 0 saturated carbocycles. The van der Waals surface area contributed by atoms with E-state index >= 15 is 0 Å². The van der Waals surface area contributed by atoms with Gasteiger partial charge in [0, 0.05) is 5.69 Å². The molecule has 28 heavy (non-hydrogen) atoms. The van der Waals surface area contributed by atoms with Gasteiger partial charge in [-0.1, -0.05) is 48.5 Å². The summed E-state index contributed by atoms with van der Waals surface area (Å²) in [6.07, 6.45) is 0.632. The molecule has 2 aromatic carbocycles. The Morgan fingerprint density at radius 1 is 1.00 bits per heavy atom. The molecule has 0 radical (unpaired) electrons. The third kappa shape index (κ3) is 4.82. The molecule has 1 N–H and O–H groups in total. The number of nitro groups is 1. The predicted octanol–water partition coefficient (Wildman–Crippen LogP) is 3.57. The summed E-state index contributed by atoms with van der Waals surface area (Å²) in [5.41, 5.74) is 2.62. The van der Waals surface area contributed by atoms with Crippen molar-refractivity contribution in [2.45, 2.75) is 6.42 Å². The van der Waals surface area contributed by atoms with Crippen LogP contribution in [-0.4, -0.2) is 23.4 Å². The van der Waals surface area contributed by atoms with Crippen molar-refractivity contribution in [3.8, 4) is 0 Å². The Morgan fingerprint density at radius 3 is 2.43 bits per heavy atom. The molecule has 8 heteroatoms. The summed E-state index contributed by atoms with van der Waals surface area (Å²) in [6.45, 7) is -0.549. The van der Waals surface area contributed by atoms with E-state index in [1.807, 2.05) is 42.5 Å².